The van der Waals surface area contributed by atoms with Gasteiger partial charge in [0.1, 0.15) is 11.5 Å². The maximum atomic E-state index is 6.17. The standard InChI is InChI=1S/C16H17BrClNO2/c1-20-9-8-19-11-12-4-2-3-5-15(12)21-16-10-13(17)6-7-14(16)18/h2-7,10,19H,8-9,11H2,1H3. The third kappa shape index (κ3) is 5.00. The minimum Gasteiger partial charge on any atom is -0.455 e. The smallest absolute Gasteiger partial charge is 0.147 e. The average molecular weight is 371 g/mol. The third-order valence-corrected chi connectivity index (χ3v) is 3.69. The maximum Gasteiger partial charge on any atom is 0.147 e. The molecule has 0 heterocycles. The molecule has 0 radical (unpaired) electrons. The van der Waals surface area contributed by atoms with Crippen molar-refractivity contribution < 1.29 is 9.47 Å². The van der Waals surface area contributed by atoms with E-state index in [9.17, 15) is 0 Å². The van der Waals surface area contributed by atoms with Crippen LogP contribution in [0.1, 0.15) is 5.56 Å². The molecule has 0 aliphatic heterocycles. The summed E-state index contributed by atoms with van der Waals surface area (Å²) in [5, 5.41) is 3.89. The molecule has 0 fully saturated rings. The zero-order chi connectivity index (χ0) is 15.1. The van der Waals surface area contributed by atoms with Gasteiger partial charge in [-0.05, 0) is 24.3 Å². The minimum atomic E-state index is 0.584. The molecule has 3 nitrogen and oxygen atoms in total. The molecule has 0 aromatic heterocycles. The van der Waals surface area contributed by atoms with Gasteiger partial charge in [0.15, 0.2) is 0 Å². The van der Waals surface area contributed by atoms with E-state index in [1.807, 2.05) is 36.4 Å². The molecule has 0 saturated heterocycles. The van der Waals surface area contributed by atoms with Gasteiger partial charge in [-0.1, -0.05) is 45.7 Å². The predicted molar refractivity (Wildman–Crippen MR) is 89.3 cm³/mol. The van der Waals surface area contributed by atoms with Crippen molar-refractivity contribution in [1.82, 2.24) is 5.32 Å². The Kier molecular flexibility index (Phi) is 6.51. The van der Waals surface area contributed by atoms with Crippen LogP contribution in [0.15, 0.2) is 46.9 Å². The molecule has 0 amide bonds. The van der Waals surface area contributed by atoms with Crippen molar-refractivity contribution in [2.75, 3.05) is 20.3 Å². The van der Waals surface area contributed by atoms with E-state index in [1.165, 1.54) is 0 Å². The van der Waals surface area contributed by atoms with Crippen LogP contribution in [0, 0.1) is 0 Å². The number of rotatable bonds is 7. The predicted octanol–water partition coefficient (Wildman–Crippen LogP) is 4.63. The number of para-hydroxylation sites is 1. The normalized spacial score (nSPS) is 10.6. The zero-order valence-electron chi connectivity index (χ0n) is 11.7. The summed E-state index contributed by atoms with van der Waals surface area (Å²) in [6, 6.07) is 13.4. The van der Waals surface area contributed by atoms with Crippen LogP contribution in [0.25, 0.3) is 0 Å². The van der Waals surface area contributed by atoms with Crippen molar-refractivity contribution in [2.24, 2.45) is 0 Å². The number of benzene rings is 2. The van der Waals surface area contributed by atoms with E-state index in [0.29, 0.717) is 23.9 Å². The second-order valence-electron chi connectivity index (χ2n) is 4.45. The second kappa shape index (κ2) is 8.39. The van der Waals surface area contributed by atoms with Crippen molar-refractivity contribution in [3.8, 4) is 11.5 Å². The number of ether oxygens (including phenoxy) is 2. The molecule has 0 unspecified atom stereocenters. The Balaban J connectivity index is 2.10. The van der Waals surface area contributed by atoms with Crippen LogP contribution < -0.4 is 10.1 Å². The van der Waals surface area contributed by atoms with Gasteiger partial charge in [-0.3, -0.25) is 0 Å². The van der Waals surface area contributed by atoms with Crippen molar-refractivity contribution in [3.63, 3.8) is 0 Å². The van der Waals surface area contributed by atoms with Gasteiger partial charge in [-0.2, -0.15) is 0 Å². The molecular formula is C16H17BrClNO2. The van der Waals surface area contributed by atoms with E-state index < -0.39 is 0 Å². The van der Waals surface area contributed by atoms with E-state index in [0.717, 1.165) is 22.3 Å². The van der Waals surface area contributed by atoms with Crippen LogP contribution in [0.3, 0.4) is 0 Å². The van der Waals surface area contributed by atoms with Crippen LogP contribution in [0.5, 0.6) is 11.5 Å². The van der Waals surface area contributed by atoms with Gasteiger partial charge in [-0.25, -0.2) is 0 Å². The molecule has 112 valence electrons. The minimum absolute atomic E-state index is 0.584. The highest BCUT2D eigenvalue weighted by Gasteiger charge is 2.07. The molecular weight excluding hydrogens is 354 g/mol. The molecule has 0 aliphatic rings. The van der Waals surface area contributed by atoms with Crippen LogP contribution in [0.4, 0.5) is 0 Å². The summed E-state index contributed by atoms with van der Waals surface area (Å²) in [5.74, 6) is 1.43. The van der Waals surface area contributed by atoms with Gasteiger partial charge in [0.2, 0.25) is 0 Å². The molecule has 0 aliphatic carbocycles. The average Bonchev–Trinajstić information content (AvgIpc) is 2.49. The summed E-state index contributed by atoms with van der Waals surface area (Å²) in [4.78, 5) is 0. The first-order chi connectivity index (χ1) is 10.2. The summed E-state index contributed by atoms with van der Waals surface area (Å²) in [5.41, 5.74) is 1.07. The second-order valence-corrected chi connectivity index (χ2v) is 5.78. The zero-order valence-corrected chi connectivity index (χ0v) is 14.1. The monoisotopic (exact) mass is 369 g/mol. The van der Waals surface area contributed by atoms with Gasteiger partial charge >= 0.3 is 0 Å². The van der Waals surface area contributed by atoms with E-state index in [1.54, 1.807) is 13.2 Å². The molecule has 0 atom stereocenters. The van der Waals surface area contributed by atoms with E-state index in [2.05, 4.69) is 21.2 Å². The number of methoxy groups -OCH3 is 1. The maximum absolute atomic E-state index is 6.17. The number of hydrogen-bond donors (Lipinski definition) is 1. The lowest BCUT2D eigenvalue weighted by molar-refractivity contribution is 0.199. The number of hydrogen-bond acceptors (Lipinski definition) is 3. The van der Waals surface area contributed by atoms with Gasteiger partial charge in [0.25, 0.3) is 0 Å². The molecule has 2 aromatic rings. The summed E-state index contributed by atoms with van der Waals surface area (Å²) in [7, 11) is 1.69. The van der Waals surface area contributed by atoms with E-state index in [-0.39, 0.29) is 0 Å². The summed E-state index contributed by atoms with van der Waals surface area (Å²) in [6.07, 6.45) is 0. The Morgan fingerprint density at radius 1 is 1.14 bits per heavy atom. The lowest BCUT2D eigenvalue weighted by Crippen LogP contribution is -2.18. The van der Waals surface area contributed by atoms with E-state index >= 15 is 0 Å². The topological polar surface area (TPSA) is 30.5 Å². The Labute approximate surface area is 138 Å². The van der Waals surface area contributed by atoms with E-state index in [4.69, 9.17) is 21.1 Å². The van der Waals surface area contributed by atoms with Crippen LogP contribution in [-0.4, -0.2) is 20.3 Å². The molecule has 2 aromatic carbocycles. The molecule has 0 bridgehead atoms. The van der Waals surface area contributed by atoms with Gasteiger partial charge in [0, 0.05) is 30.2 Å². The summed E-state index contributed by atoms with van der Waals surface area (Å²) in [6.45, 7) is 2.19. The fourth-order valence-corrected chi connectivity index (χ4v) is 2.32. The number of halogens is 2. The highest BCUT2D eigenvalue weighted by atomic mass is 79.9. The first kappa shape index (κ1) is 16.3. The summed E-state index contributed by atoms with van der Waals surface area (Å²) < 4.78 is 11.9. The number of nitrogens with one attached hydrogen (secondary N) is 1. The van der Waals surface area contributed by atoms with Crippen molar-refractivity contribution in [1.29, 1.82) is 0 Å². The van der Waals surface area contributed by atoms with Gasteiger partial charge < -0.3 is 14.8 Å². The van der Waals surface area contributed by atoms with Gasteiger partial charge in [-0.15, -0.1) is 0 Å². The Bertz CT molecular complexity index is 592. The van der Waals surface area contributed by atoms with Crippen LogP contribution in [-0.2, 0) is 11.3 Å². The Morgan fingerprint density at radius 3 is 2.76 bits per heavy atom. The first-order valence-electron chi connectivity index (χ1n) is 6.61. The lowest BCUT2D eigenvalue weighted by atomic mass is 10.2. The third-order valence-electron chi connectivity index (χ3n) is 2.88. The van der Waals surface area contributed by atoms with Crippen molar-refractivity contribution in [2.45, 2.75) is 6.54 Å². The fourth-order valence-electron chi connectivity index (χ4n) is 1.82. The largest absolute Gasteiger partial charge is 0.455 e. The first-order valence-corrected chi connectivity index (χ1v) is 7.78. The molecule has 1 N–H and O–H groups in total. The highest BCUT2D eigenvalue weighted by molar-refractivity contribution is 9.10. The van der Waals surface area contributed by atoms with Crippen LogP contribution >= 0.6 is 27.5 Å². The molecule has 5 heteroatoms. The molecule has 2 rings (SSSR count). The van der Waals surface area contributed by atoms with Gasteiger partial charge in [0.05, 0.1) is 11.6 Å². The van der Waals surface area contributed by atoms with Crippen molar-refractivity contribution in [3.05, 3.63) is 57.5 Å². The fraction of sp³-hybridized carbons (Fsp3) is 0.250. The Morgan fingerprint density at radius 2 is 1.95 bits per heavy atom. The highest BCUT2D eigenvalue weighted by Crippen LogP contribution is 2.33. The quantitative estimate of drug-likeness (QED) is 0.721. The molecule has 0 spiro atoms. The molecule has 21 heavy (non-hydrogen) atoms. The Hall–Kier alpha value is -1.07. The SMILES string of the molecule is COCCNCc1ccccc1Oc1cc(Br)ccc1Cl. The molecule has 0 saturated carbocycles. The van der Waals surface area contributed by atoms with Crippen LogP contribution in [0.2, 0.25) is 5.02 Å². The lowest BCUT2D eigenvalue weighted by Gasteiger charge is -2.13. The summed E-state index contributed by atoms with van der Waals surface area (Å²) >= 11 is 9.59. The van der Waals surface area contributed by atoms with Crippen molar-refractivity contribution >= 4 is 27.5 Å².